The summed E-state index contributed by atoms with van der Waals surface area (Å²) in [5, 5.41) is 0. The molecular formula is C12H11BrFNO2. The van der Waals surface area contributed by atoms with Gasteiger partial charge in [0.15, 0.2) is 0 Å². The van der Waals surface area contributed by atoms with Crippen LogP contribution in [-0.2, 0) is 4.74 Å². The van der Waals surface area contributed by atoms with Crippen molar-refractivity contribution < 1.29 is 13.9 Å². The van der Waals surface area contributed by atoms with E-state index in [0.717, 1.165) is 6.42 Å². The van der Waals surface area contributed by atoms with E-state index >= 15 is 0 Å². The summed E-state index contributed by atoms with van der Waals surface area (Å²) in [5.41, 5.74) is 0.131. The summed E-state index contributed by atoms with van der Waals surface area (Å²) in [5.74, 6) is -0.721. The van der Waals surface area contributed by atoms with Crippen molar-refractivity contribution in [3.05, 3.63) is 34.1 Å². The fourth-order valence-electron chi connectivity index (χ4n) is 2.47. The molecule has 0 aliphatic carbocycles. The van der Waals surface area contributed by atoms with Gasteiger partial charge in [-0.15, -0.1) is 0 Å². The molecule has 1 aromatic rings. The van der Waals surface area contributed by atoms with Crippen molar-refractivity contribution in [2.24, 2.45) is 0 Å². The minimum Gasteiger partial charge on any atom is -0.374 e. The summed E-state index contributed by atoms with van der Waals surface area (Å²) < 4.78 is 19.6. The molecule has 2 bridgehead atoms. The molecule has 2 heterocycles. The SMILES string of the molecule is O=C(c1cccc(Br)c1F)N1C[C@H]2C[C@@H]1CO2. The van der Waals surface area contributed by atoms with Crippen LogP contribution in [0.5, 0.6) is 0 Å². The van der Waals surface area contributed by atoms with Crippen molar-refractivity contribution in [1.82, 2.24) is 4.90 Å². The molecule has 1 amide bonds. The average Bonchev–Trinajstić information content (AvgIpc) is 2.94. The first-order chi connectivity index (χ1) is 8.16. The van der Waals surface area contributed by atoms with Crippen molar-refractivity contribution in [3.8, 4) is 0 Å². The fraction of sp³-hybridized carbons (Fsp3) is 0.417. The maximum atomic E-state index is 13.8. The average molecular weight is 300 g/mol. The number of rotatable bonds is 1. The predicted octanol–water partition coefficient (Wildman–Crippen LogP) is 2.20. The maximum Gasteiger partial charge on any atom is 0.257 e. The van der Waals surface area contributed by atoms with E-state index < -0.39 is 5.82 Å². The van der Waals surface area contributed by atoms with Gasteiger partial charge in [-0.3, -0.25) is 4.79 Å². The Morgan fingerprint density at radius 2 is 2.35 bits per heavy atom. The van der Waals surface area contributed by atoms with E-state index in [-0.39, 0.29) is 23.6 Å². The third-order valence-corrected chi connectivity index (χ3v) is 3.96. The highest BCUT2D eigenvalue weighted by atomic mass is 79.9. The fourth-order valence-corrected chi connectivity index (χ4v) is 2.84. The topological polar surface area (TPSA) is 29.5 Å². The van der Waals surface area contributed by atoms with Gasteiger partial charge < -0.3 is 9.64 Å². The van der Waals surface area contributed by atoms with Crippen LogP contribution in [-0.4, -0.2) is 36.1 Å². The van der Waals surface area contributed by atoms with Crippen molar-refractivity contribution in [1.29, 1.82) is 0 Å². The molecule has 3 rings (SSSR count). The molecule has 0 N–H and O–H groups in total. The van der Waals surface area contributed by atoms with E-state index in [4.69, 9.17) is 4.74 Å². The first-order valence-corrected chi connectivity index (χ1v) is 6.32. The van der Waals surface area contributed by atoms with Gasteiger partial charge in [-0.25, -0.2) is 4.39 Å². The van der Waals surface area contributed by atoms with Gasteiger partial charge in [-0.1, -0.05) is 6.07 Å². The van der Waals surface area contributed by atoms with Gasteiger partial charge in [0.2, 0.25) is 0 Å². The summed E-state index contributed by atoms with van der Waals surface area (Å²) in [4.78, 5) is 13.9. The Bertz CT molecular complexity index is 480. The monoisotopic (exact) mass is 299 g/mol. The molecule has 2 atom stereocenters. The van der Waals surface area contributed by atoms with Gasteiger partial charge in [0.1, 0.15) is 5.82 Å². The highest BCUT2D eigenvalue weighted by Gasteiger charge is 2.42. The molecule has 2 aliphatic rings. The molecule has 0 aromatic heterocycles. The molecule has 0 spiro atoms. The van der Waals surface area contributed by atoms with Crippen molar-refractivity contribution in [2.75, 3.05) is 13.2 Å². The van der Waals surface area contributed by atoms with Crippen LogP contribution < -0.4 is 0 Å². The Morgan fingerprint density at radius 3 is 3.00 bits per heavy atom. The van der Waals surface area contributed by atoms with E-state index in [1.54, 1.807) is 17.0 Å². The summed E-state index contributed by atoms with van der Waals surface area (Å²) in [6.07, 6.45) is 1.01. The molecule has 17 heavy (non-hydrogen) atoms. The van der Waals surface area contributed by atoms with Crippen LogP contribution in [0, 0.1) is 5.82 Å². The molecule has 1 aromatic carbocycles. The lowest BCUT2D eigenvalue weighted by molar-refractivity contribution is 0.0256. The maximum absolute atomic E-state index is 13.8. The highest BCUT2D eigenvalue weighted by molar-refractivity contribution is 9.10. The van der Waals surface area contributed by atoms with Gasteiger partial charge in [-0.05, 0) is 34.5 Å². The Labute approximate surface area is 107 Å². The number of benzene rings is 1. The molecule has 2 fully saturated rings. The third kappa shape index (κ3) is 1.77. The number of carbonyl (C=O) groups is 1. The Morgan fingerprint density at radius 1 is 1.53 bits per heavy atom. The summed E-state index contributed by atoms with van der Waals surface area (Å²) in [6, 6.07) is 4.90. The van der Waals surface area contributed by atoms with E-state index in [1.165, 1.54) is 6.07 Å². The normalized spacial score (nSPS) is 26.6. The Kier molecular flexibility index (Phi) is 2.67. The standard InChI is InChI=1S/C12H11BrFNO2/c13-10-3-1-2-9(11(10)14)12(16)15-5-8-4-7(15)6-17-8/h1-3,7-8H,4-6H2/t7-,8-/m1/s1. The lowest BCUT2D eigenvalue weighted by Crippen LogP contribution is -2.41. The highest BCUT2D eigenvalue weighted by Crippen LogP contribution is 2.30. The van der Waals surface area contributed by atoms with Gasteiger partial charge in [0.25, 0.3) is 5.91 Å². The van der Waals surface area contributed by atoms with Crippen LogP contribution in [0.3, 0.4) is 0 Å². The van der Waals surface area contributed by atoms with E-state index in [9.17, 15) is 9.18 Å². The van der Waals surface area contributed by atoms with Crippen molar-refractivity contribution >= 4 is 21.8 Å². The number of morpholine rings is 1. The number of fused-ring (bicyclic) bond motifs is 2. The van der Waals surface area contributed by atoms with Crippen molar-refractivity contribution in [3.63, 3.8) is 0 Å². The van der Waals surface area contributed by atoms with Crippen molar-refractivity contribution in [2.45, 2.75) is 18.6 Å². The first kappa shape index (κ1) is 11.2. The van der Waals surface area contributed by atoms with Crippen LogP contribution in [0.4, 0.5) is 4.39 Å². The second kappa shape index (κ2) is 4.07. The zero-order valence-electron chi connectivity index (χ0n) is 9.03. The number of nitrogens with zero attached hydrogens (tertiary/aromatic N) is 1. The lowest BCUT2D eigenvalue weighted by atomic mass is 10.1. The quantitative estimate of drug-likeness (QED) is 0.796. The van der Waals surface area contributed by atoms with Crippen LogP contribution in [0.2, 0.25) is 0 Å². The molecule has 90 valence electrons. The first-order valence-electron chi connectivity index (χ1n) is 5.53. The number of ether oxygens (including phenoxy) is 1. The second-order valence-corrected chi connectivity index (χ2v) is 5.26. The second-order valence-electron chi connectivity index (χ2n) is 4.40. The molecular weight excluding hydrogens is 289 g/mol. The molecule has 0 unspecified atom stereocenters. The number of hydrogen-bond donors (Lipinski definition) is 0. The van der Waals surface area contributed by atoms with E-state index in [2.05, 4.69) is 15.9 Å². The number of carbonyl (C=O) groups excluding carboxylic acids is 1. The molecule has 0 radical (unpaired) electrons. The smallest absolute Gasteiger partial charge is 0.257 e. The summed E-state index contributed by atoms with van der Waals surface area (Å²) >= 11 is 3.09. The van der Waals surface area contributed by atoms with Crippen LogP contribution >= 0.6 is 15.9 Å². The molecule has 2 aliphatic heterocycles. The minimum absolute atomic E-state index is 0.117. The predicted molar refractivity (Wildman–Crippen MR) is 63.3 cm³/mol. The Balaban J connectivity index is 1.89. The van der Waals surface area contributed by atoms with Crippen LogP contribution in [0.25, 0.3) is 0 Å². The molecule has 0 saturated carbocycles. The Hall–Kier alpha value is -0.940. The van der Waals surface area contributed by atoms with Crippen LogP contribution in [0.15, 0.2) is 22.7 Å². The zero-order valence-corrected chi connectivity index (χ0v) is 10.6. The van der Waals surface area contributed by atoms with Gasteiger partial charge in [0, 0.05) is 6.54 Å². The third-order valence-electron chi connectivity index (χ3n) is 3.34. The minimum atomic E-state index is -0.485. The summed E-state index contributed by atoms with van der Waals surface area (Å²) in [7, 11) is 0. The number of amides is 1. The largest absolute Gasteiger partial charge is 0.374 e. The van der Waals surface area contributed by atoms with Crippen LogP contribution in [0.1, 0.15) is 16.8 Å². The number of likely N-dealkylation sites (tertiary alicyclic amines) is 1. The molecule has 3 nitrogen and oxygen atoms in total. The van der Waals surface area contributed by atoms with Gasteiger partial charge in [-0.2, -0.15) is 0 Å². The van der Waals surface area contributed by atoms with E-state index in [1.807, 2.05) is 0 Å². The zero-order chi connectivity index (χ0) is 12.0. The van der Waals surface area contributed by atoms with E-state index in [0.29, 0.717) is 17.6 Å². The number of hydrogen-bond acceptors (Lipinski definition) is 2. The molecule has 5 heteroatoms. The van der Waals surface area contributed by atoms with Gasteiger partial charge in [0.05, 0.1) is 28.8 Å². The molecule has 2 saturated heterocycles. The lowest BCUT2D eigenvalue weighted by Gasteiger charge is -2.27. The number of halogens is 2. The van der Waals surface area contributed by atoms with Gasteiger partial charge >= 0.3 is 0 Å². The summed E-state index contributed by atoms with van der Waals surface area (Å²) in [6.45, 7) is 1.15.